The van der Waals surface area contributed by atoms with E-state index >= 15 is 0 Å². The first-order valence-corrected chi connectivity index (χ1v) is 9.67. The number of carbonyl (C=O) groups excluding carboxylic acids is 2. The zero-order valence-corrected chi connectivity index (χ0v) is 16.6. The van der Waals surface area contributed by atoms with Gasteiger partial charge >= 0.3 is 0 Å². The highest BCUT2D eigenvalue weighted by Gasteiger charge is 2.27. The molecule has 2 aliphatic rings. The Morgan fingerprint density at radius 2 is 1.64 bits per heavy atom. The molecule has 2 heterocycles. The molecule has 0 aromatic heterocycles. The van der Waals surface area contributed by atoms with Crippen molar-refractivity contribution < 1.29 is 14.5 Å². The van der Waals surface area contributed by atoms with Crippen LogP contribution in [0, 0.1) is 10.1 Å². The van der Waals surface area contributed by atoms with E-state index in [0.717, 1.165) is 0 Å². The van der Waals surface area contributed by atoms with Gasteiger partial charge in [0.15, 0.2) is 0 Å². The van der Waals surface area contributed by atoms with Gasteiger partial charge in [-0.3, -0.25) is 24.6 Å². The first-order valence-electron chi connectivity index (χ1n) is 9.29. The van der Waals surface area contributed by atoms with Crippen molar-refractivity contribution in [2.75, 3.05) is 63.8 Å². The highest BCUT2D eigenvalue weighted by atomic mass is 35.5. The van der Waals surface area contributed by atoms with Crippen LogP contribution < -0.4 is 4.90 Å². The largest absolute Gasteiger partial charge is 0.362 e. The Kier molecular flexibility index (Phi) is 6.35. The van der Waals surface area contributed by atoms with Crippen molar-refractivity contribution in [3.05, 3.63) is 33.3 Å². The number of nitro groups is 1. The normalized spacial score (nSPS) is 18.3. The number of benzene rings is 1. The Morgan fingerprint density at radius 1 is 1.04 bits per heavy atom. The van der Waals surface area contributed by atoms with Crippen molar-refractivity contribution >= 4 is 34.8 Å². The minimum absolute atomic E-state index is 0.0179. The summed E-state index contributed by atoms with van der Waals surface area (Å²) in [7, 11) is 0. The van der Waals surface area contributed by atoms with E-state index < -0.39 is 4.92 Å². The number of nitrogens with zero attached hydrogens (tertiary/aromatic N) is 5. The third-order valence-corrected chi connectivity index (χ3v) is 5.52. The van der Waals surface area contributed by atoms with E-state index in [4.69, 9.17) is 11.6 Å². The highest BCUT2D eigenvalue weighted by Crippen LogP contribution is 2.31. The van der Waals surface area contributed by atoms with Crippen molar-refractivity contribution in [1.82, 2.24) is 14.7 Å². The molecule has 2 aliphatic heterocycles. The molecule has 10 heteroatoms. The average Bonchev–Trinajstić information content (AvgIpc) is 2.68. The lowest BCUT2D eigenvalue weighted by atomic mass is 10.2. The Balaban J connectivity index is 1.52. The van der Waals surface area contributed by atoms with E-state index in [9.17, 15) is 19.7 Å². The number of amides is 2. The number of nitro benzene ring substituents is 1. The van der Waals surface area contributed by atoms with Crippen LogP contribution in [0.4, 0.5) is 11.4 Å². The monoisotopic (exact) mass is 409 g/mol. The van der Waals surface area contributed by atoms with Gasteiger partial charge in [-0.15, -0.1) is 0 Å². The van der Waals surface area contributed by atoms with Gasteiger partial charge in [-0.1, -0.05) is 11.6 Å². The van der Waals surface area contributed by atoms with Crippen LogP contribution in [-0.2, 0) is 9.59 Å². The van der Waals surface area contributed by atoms with Gasteiger partial charge in [0.1, 0.15) is 5.69 Å². The third-order valence-electron chi connectivity index (χ3n) is 5.28. The number of hydrogen-bond donors (Lipinski definition) is 0. The second-order valence-electron chi connectivity index (χ2n) is 7.04. The number of carbonyl (C=O) groups is 2. The quantitative estimate of drug-likeness (QED) is 0.545. The van der Waals surface area contributed by atoms with Crippen molar-refractivity contribution in [2.24, 2.45) is 0 Å². The maximum atomic E-state index is 12.6. The van der Waals surface area contributed by atoms with Crippen LogP contribution in [0.5, 0.6) is 0 Å². The van der Waals surface area contributed by atoms with Gasteiger partial charge in [0, 0.05) is 70.4 Å². The zero-order valence-electron chi connectivity index (χ0n) is 15.8. The lowest BCUT2D eigenvalue weighted by molar-refractivity contribution is -0.384. The summed E-state index contributed by atoms with van der Waals surface area (Å²) in [6, 6.07) is 4.66. The zero-order chi connectivity index (χ0) is 20.3. The molecule has 0 N–H and O–H groups in total. The van der Waals surface area contributed by atoms with Gasteiger partial charge in [0.05, 0.1) is 11.5 Å². The number of rotatable bonds is 4. The van der Waals surface area contributed by atoms with Gasteiger partial charge in [-0.2, -0.15) is 0 Å². The van der Waals surface area contributed by atoms with Crippen LogP contribution in [0.3, 0.4) is 0 Å². The van der Waals surface area contributed by atoms with Crippen LogP contribution in [0.25, 0.3) is 0 Å². The molecular formula is C18H24ClN5O4. The fourth-order valence-corrected chi connectivity index (χ4v) is 3.79. The Morgan fingerprint density at radius 3 is 2.21 bits per heavy atom. The van der Waals surface area contributed by atoms with E-state index in [1.165, 1.54) is 6.07 Å². The fourth-order valence-electron chi connectivity index (χ4n) is 3.62. The number of piperazine rings is 2. The Bertz CT molecular complexity index is 758. The molecule has 0 radical (unpaired) electrons. The highest BCUT2D eigenvalue weighted by molar-refractivity contribution is 6.30. The molecule has 2 fully saturated rings. The van der Waals surface area contributed by atoms with Gasteiger partial charge in [-0.05, 0) is 12.1 Å². The average molecular weight is 410 g/mol. The summed E-state index contributed by atoms with van der Waals surface area (Å²) in [5, 5.41) is 11.6. The molecule has 0 unspecified atom stereocenters. The van der Waals surface area contributed by atoms with E-state index in [2.05, 4.69) is 4.90 Å². The molecule has 0 spiro atoms. The van der Waals surface area contributed by atoms with Gasteiger partial charge in [-0.25, -0.2) is 0 Å². The molecule has 3 rings (SSSR count). The molecule has 28 heavy (non-hydrogen) atoms. The molecule has 1 aromatic carbocycles. The van der Waals surface area contributed by atoms with Crippen LogP contribution in [0.1, 0.15) is 6.92 Å². The molecular weight excluding hydrogens is 386 g/mol. The van der Waals surface area contributed by atoms with Gasteiger partial charge in [0.25, 0.3) is 5.69 Å². The first-order chi connectivity index (χ1) is 13.3. The summed E-state index contributed by atoms with van der Waals surface area (Å²) < 4.78 is 0. The summed E-state index contributed by atoms with van der Waals surface area (Å²) in [5.74, 6) is 0.125. The third kappa shape index (κ3) is 4.71. The summed E-state index contributed by atoms with van der Waals surface area (Å²) in [6.07, 6.45) is 0. The summed E-state index contributed by atoms with van der Waals surface area (Å²) in [5.41, 5.74) is 0.512. The Hall–Kier alpha value is -2.39. The first kappa shape index (κ1) is 20.3. The molecule has 0 bridgehead atoms. The minimum atomic E-state index is -0.431. The molecule has 1 aromatic rings. The predicted molar refractivity (Wildman–Crippen MR) is 106 cm³/mol. The van der Waals surface area contributed by atoms with Crippen LogP contribution >= 0.6 is 11.6 Å². The van der Waals surface area contributed by atoms with E-state index in [1.807, 2.05) is 4.90 Å². The summed E-state index contributed by atoms with van der Waals surface area (Å²) >= 11 is 5.88. The van der Waals surface area contributed by atoms with Gasteiger partial charge < -0.3 is 14.7 Å². The second kappa shape index (κ2) is 8.74. The lowest BCUT2D eigenvalue weighted by Crippen LogP contribution is -2.54. The van der Waals surface area contributed by atoms with Crippen LogP contribution in [0.2, 0.25) is 5.02 Å². The van der Waals surface area contributed by atoms with Crippen LogP contribution in [0.15, 0.2) is 18.2 Å². The lowest BCUT2D eigenvalue weighted by Gasteiger charge is -2.38. The van der Waals surface area contributed by atoms with Crippen LogP contribution in [-0.4, -0.2) is 90.3 Å². The fraction of sp³-hybridized carbons (Fsp3) is 0.556. The topological polar surface area (TPSA) is 90.2 Å². The smallest absolute Gasteiger partial charge is 0.294 e. The molecule has 0 aliphatic carbocycles. The molecule has 9 nitrogen and oxygen atoms in total. The van der Waals surface area contributed by atoms with E-state index in [0.29, 0.717) is 69.6 Å². The minimum Gasteiger partial charge on any atom is -0.362 e. The van der Waals surface area contributed by atoms with Crippen molar-refractivity contribution in [3.63, 3.8) is 0 Å². The van der Waals surface area contributed by atoms with E-state index in [1.54, 1.807) is 28.9 Å². The van der Waals surface area contributed by atoms with E-state index in [-0.39, 0.29) is 17.5 Å². The Labute approximate surface area is 168 Å². The molecule has 2 saturated heterocycles. The maximum Gasteiger partial charge on any atom is 0.294 e. The van der Waals surface area contributed by atoms with Crippen molar-refractivity contribution in [2.45, 2.75) is 6.92 Å². The molecule has 0 saturated carbocycles. The number of hydrogen-bond acceptors (Lipinski definition) is 6. The van der Waals surface area contributed by atoms with Gasteiger partial charge in [0.2, 0.25) is 11.8 Å². The number of anilines is 1. The summed E-state index contributed by atoms with van der Waals surface area (Å²) in [6.45, 7) is 6.70. The van der Waals surface area contributed by atoms with Crippen molar-refractivity contribution in [3.8, 4) is 0 Å². The summed E-state index contributed by atoms with van der Waals surface area (Å²) in [4.78, 5) is 42.4. The SMILES string of the molecule is CC(=O)N1CCN(CC(=O)N2CCN(c3ccc(Cl)cc3[N+](=O)[O-])CC2)CC1. The molecule has 0 atom stereocenters. The molecule has 2 amide bonds. The molecule has 152 valence electrons. The van der Waals surface area contributed by atoms with Crippen molar-refractivity contribution in [1.29, 1.82) is 0 Å². The maximum absolute atomic E-state index is 12.6. The predicted octanol–water partition coefficient (Wildman–Crippen LogP) is 1.06. The second-order valence-corrected chi connectivity index (χ2v) is 7.48. The number of halogens is 1. The standard InChI is InChI=1S/C18H24ClN5O4/c1-14(25)21-6-4-20(5-7-21)13-18(26)23-10-8-22(9-11-23)16-3-2-15(19)12-17(16)24(27)28/h2-3,12H,4-11,13H2,1H3.